The number of rotatable bonds is 5. The third kappa shape index (κ3) is 5.25. The predicted octanol–water partition coefficient (Wildman–Crippen LogP) is 14.8. The van der Waals surface area contributed by atoms with Gasteiger partial charge in [0.05, 0.1) is 22.6 Å². The molecule has 0 aliphatic rings. The number of nitrogens with zero attached hydrogens (tertiary/aromatic N) is 3. The van der Waals surface area contributed by atoms with Crippen molar-refractivity contribution >= 4 is 75.1 Å². The molecule has 0 N–H and O–H groups in total. The number of hydrogen-bond acceptors (Lipinski definition) is 5. The topological polar surface area (TPSA) is 51.8 Å². The molecule has 8 aromatic carbocycles. The van der Waals surface area contributed by atoms with Crippen LogP contribution in [0.15, 0.2) is 192 Å². The van der Waals surface area contributed by atoms with E-state index in [1.54, 1.807) is 0 Å². The third-order valence-electron chi connectivity index (χ3n) is 11.3. The zero-order valence-electron chi connectivity index (χ0n) is 31.1. The van der Waals surface area contributed by atoms with Crippen LogP contribution in [0.5, 0.6) is 0 Å². The van der Waals surface area contributed by atoms with Gasteiger partial charge in [-0.2, -0.15) is 0 Å². The Labute approximate surface area is 337 Å². The lowest BCUT2D eigenvalue weighted by molar-refractivity contribution is 0.670. The Morgan fingerprint density at radius 2 is 1.03 bits per heavy atom. The maximum atomic E-state index is 6.84. The van der Waals surface area contributed by atoms with Crippen molar-refractivity contribution in [1.29, 1.82) is 0 Å². The van der Waals surface area contributed by atoms with Gasteiger partial charge < -0.3 is 4.42 Å². The Bertz CT molecular complexity index is 3500. The average molecular weight is 758 g/mol. The fraction of sp³-hybridized carbons (Fsp3) is 0. The molecule has 5 heteroatoms. The highest BCUT2D eigenvalue weighted by Crippen LogP contribution is 2.45. The maximum Gasteiger partial charge on any atom is 0.160 e. The average Bonchev–Trinajstić information content (AvgIpc) is 3.87. The van der Waals surface area contributed by atoms with Crippen molar-refractivity contribution < 1.29 is 4.42 Å². The van der Waals surface area contributed by atoms with Gasteiger partial charge in [0.15, 0.2) is 5.82 Å². The molecule has 12 rings (SSSR count). The van der Waals surface area contributed by atoms with Gasteiger partial charge in [0, 0.05) is 74.9 Å². The van der Waals surface area contributed by atoms with E-state index in [2.05, 4.69) is 152 Å². The van der Waals surface area contributed by atoms with Crippen LogP contribution in [0.3, 0.4) is 0 Å². The van der Waals surface area contributed by atoms with Crippen molar-refractivity contribution in [1.82, 2.24) is 15.0 Å². The normalized spacial score (nSPS) is 11.8. The van der Waals surface area contributed by atoms with E-state index < -0.39 is 0 Å². The highest BCUT2D eigenvalue weighted by molar-refractivity contribution is 7.26. The third-order valence-corrected chi connectivity index (χ3v) is 12.4. The highest BCUT2D eigenvalue weighted by Gasteiger charge is 2.19. The summed E-state index contributed by atoms with van der Waals surface area (Å²) >= 11 is 1.85. The molecule has 0 unspecified atom stereocenters. The number of furan rings is 1. The summed E-state index contributed by atoms with van der Waals surface area (Å²) in [5.74, 6) is 0.685. The summed E-state index contributed by atoms with van der Waals surface area (Å²) in [6, 6.07) is 65.8. The van der Waals surface area contributed by atoms with Gasteiger partial charge in [-0.25, -0.2) is 15.0 Å². The van der Waals surface area contributed by atoms with E-state index in [0.29, 0.717) is 5.82 Å². The van der Waals surface area contributed by atoms with Gasteiger partial charge in [-0.15, -0.1) is 11.3 Å². The molecule has 4 aromatic heterocycles. The second-order valence-electron chi connectivity index (χ2n) is 14.7. The van der Waals surface area contributed by atoms with Gasteiger partial charge in [0.25, 0.3) is 0 Å². The van der Waals surface area contributed by atoms with Gasteiger partial charge >= 0.3 is 0 Å². The van der Waals surface area contributed by atoms with Gasteiger partial charge in [-0.1, -0.05) is 152 Å². The van der Waals surface area contributed by atoms with Crippen LogP contribution < -0.4 is 0 Å². The summed E-state index contributed by atoms with van der Waals surface area (Å²) in [6.07, 6.45) is 0. The van der Waals surface area contributed by atoms with Gasteiger partial charge in [-0.3, -0.25) is 0 Å². The largest absolute Gasteiger partial charge is 0.455 e. The summed E-state index contributed by atoms with van der Waals surface area (Å²) < 4.78 is 9.41. The number of fused-ring (bicyclic) bond motifs is 10. The van der Waals surface area contributed by atoms with Crippen molar-refractivity contribution in [3.05, 3.63) is 188 Å². The van der Waals surface area contributed by atoms with Crippen molar-refractivity contribution in [3.63, 3.8) is 0 Å². The van der Waals surface area contributed by atoms with E-state index in [1.807, 2.05) is 47.7 Å². The number of benzene rings is 8. The van der Waals surface area contributed by atoms with E-state index >= 15 is 0 Å². The molecule has 12 aromatic rings. The van der Waals surface area contributed by atoms with Gasteiger partial charge in [0.1, 0.15) is 11.2 Å². The van der Waals surface area contributed by atoms with E-state index in [0.717, 1.165) is 88.7 Å². The number of aromatic nitrogens is 3. The number of thiophene rings is 1. The Hall–Kier alpha value is -7.47. The second-order valence-corrected chi connectivity index (χ2v) is 15.8. The number of pyridine rings is 1. The van der Waals surface area contributed by atoms with Gasteiger partial charge in [-0.05, 0) is 42.0 Å². The van der Waals surface area contributed by atoms with Crippen LogP contribution >= 0.6 is 11.3 Å². The molecule has 0 bridgehead atoms. The Kier molecular flexibility index (Phi) is 7.37. The molecule has 58 heavy (non-hydrogen) atoms. The SMILES string of the molecule is c1ccc(-c2cc(-c3ccc4c(c3)oc3c(-c5ccc6c(c5)nc(-c5ccccc5)c5ccc7sc8ccccc8c7c56)cccc34)nc(-c3ccccc3)n2)cc1. The molecule has 0 aliphatic carbocycles. The minimum Gasteiger partial charge on any atom is -0.455 e. The predicted molar refractivity (Wildman–Crippen MR) is 242 cm³/mol. The summed E-state index contributed by atoms with van der Waals surface area (Å²) in [7, 11) is 0. The van der Waals surface area contributed by atoms with Crippen molar-refractivity contribution in [2.45, 2.75) is 0 Å². The first kappa shape index (κ1) is 32.7. The number of hydrogen-bond donors (Lipinski definition) is 0. The van der Waals surface area contributed by atoms with Crippen LogP contribution in [0.2, 0.25) is 0 Å². The zero-order valence-corrected chi connectivity index (χ0v) is 31.9. The van der Waals surface area contributed by atoms with Crippen LogP contribution in [-0.2, 0) is 0 Å². The van der Waals surface area contributed by atoms with Crippen LogP contribution in [0.4, 0.5) is 0 Å². The zero-order chi connectivity index (χ0) is 38.2. The molecule has 0 atom stereocenters. The lowest BCUT2D eigenvalue weighted by Crippen LogP contribution is -1.95. The van der Waals surface area contributed by atoms with Gasteiger partial charge in [0.2, 0.25) is 0 Å². The van der Waals surface area contributed by atoms with E-state index in [9.17, 15) is 0 Å². The molecular formula is C53H31N3OS. The maximum absolute atomic E-state index is 6.84. The summed E-state index contributed by atoms with van der Waals surface area (Å²) in [6.45, 7) is 0. The van der Waals surface area contributed by atoms with Crippen molar-refractivity contribution in [2.75, 3.05) is 0 Å². The molecule has 0 radical (unpaired) electrons. The minimum atomic E-state index is 0.685. The summed E-state index contributed by atoms with van der Waals surface area (Å²) in [5.41, 5.74) is 11.5. The van der Waals surface area contributed by atoms with Crippen molar-refractivity contribution in [3.8, 4) is 56.3 Å². The first-order chi connectivity index (χ1) is 28.7. The fourth-order valence-corrected chi connectivity index (χ4v) is 9.66. The van der Waals surface area contributed by atoms with E-state index in [4.69, 9.17) is 19.4 Å². The second kappa shape index (κ2) is 13.1. The van der Waals surface area contributed by atoms with Crippen LogP contribution in [0.25, 0.3) is 120 Å². The molecular weight excluding hydrogens is 727 g/mol. The van der Waals surface area contributed by atoms with Crippen molar-refractivity contribution in [2.24, 2.45) is 0 Å². The molecule has 270 valence electrons. The molecule has 0 fully saturated rings. The van der Waals surface area contributed by atoms with Crippen LogP contribution in [0, 0.1) is 0 Å². The quantitative estimate of drug-likeness (QED) is 0.164. The minimum absolute atomic E-state index is 0.685. The smallest absolute Gasteiger partial charge is 0.160 e. The molecule has 0 saturated heterocycles. The first-order valence-electron chi connectivity index (χ1n) is 19.4. The Morgan fingerprint density at radius 3 is 1.84 bits per heavy atom. The lowest BCUT2D eigenvalue weighted by atomic mass is 9.94. The first-order valence-corrected chi connectivity index (χ1v) is 20.2. The van der Waals surface area contributed by atoms with E-state index in [-0.39, 0.29) is 0 Å². The molecule has 0 amide bonds. The van der Waals surface area contributed by atoms with E-state index in [1.165, 1.54) is 25.6 Å². The molecule has 0 saturated carbocycles. The highest BCUT2D eigenvalue weighted by atomic mass is 32.1. The Balaban J connectivity index is 1.04. The molecule has 4 heterocycles. The van der Waals surface area contributed by atoms with Crippen LogP contribution in [0.1, 0.15) is 0 Å². The lowest BCUT2D eigenvalue weighted by Gasteiger charge is -2.13. The summed E-state index contributed by atoms with van der Waals surface area (Å²) in [4.78, 5) is 15.5. The fourth-order valence-electron chi connectivity index (χ4n) is 8.55. The molecule has 0 spiro atoms. The molecule has 4 nitrogen and oxygen atoms in total. The monoisotopic (exact) mass is 757 g/mol. The summed E-state index contributed by atoms with van der Waals surface area (Å²) in [5, 5.41) is 8.25. The number of para-hydroxylation sites is 1. The van der Waals surface area contributed by atoms with Crippen LogP contribution in [-0.4, -0.2) is 15.0 Å². The Morgan fingerprint density at radius 1 is 0.379 bits per heavy atom. The standard InChI is InChI=1S/C53H31N3OS/c1-4-13-32(14-5-1)43-31-44(56-53(55-43)34-17-8-3-9-18-34)36-24-25-38-39-21-12-20-37(52(39)57-46(38)30-36)35-23-26-40-45(29-35)54-51(33-15-6-2-7-16-33)42-27-28-48-50(49(40)42)41-19-10-11-22-47(41)58-48/h1-31H. The molecule has 0 aliphatic heterocycles.